The van der Waals surface area contributed by atoms with Gasteiger partial charge in [0.1, 0.15) is 5.82 Å². The van der Waals surface area contributed by atoms with Crippen molar-refractivity contribution in [3.8, 4) is 28.1 Å². The summed E-state index contributed by atoms with van der Waals surface area (Å²) in [6.45, 7) is 2.38. The smallest absolute Gasteiger partial charge is 0.138 e. The monoisotopic (exact) mass is 499 g/mol. The van der Waals surface area contributed by atoms with Crippen molar-refractivity contribution in [2.75, 3.05) is 0 Å². The third-order valence-corrected chi connectivity index (χ3v) is 8.41. The van der Waals surface area contributed by atoms with Gasteiger partial charge in [0.2, 0.25) is 0 Å². The average Bonchev–Trinajstić information content (AvgIpc) is 3.49. The maximum Gasteiger partial charge on any atom is 0.138 e. The molecule has 1 unspecified atom stereocenters. The summed E-state index contributed by atoms with van der Waals surface area (Å²) in [6.07, 6.45) is 5.63. The lowest BCUT2D eigenvalue weighted by molar-refractivity contribution is 0.717. The van der Waals surface area contributed by atoms with Crippen molar-refractivity contribution in [1.82, 2.24) is 14.5 Å². The first-order chi connectivity index (χ1) is 19.2. The molecule has 0 bridgehead atoms. The van der Waals surface area contributed by atoms with E-state index in [4.69, 9.17) is 4.98 Å². The summed E-state index contributed by atoms with van der Waals surface area (Å²) in [5.74, 6) is 0.905. The van der Waals surface area contributed by atoms with Crippen molar-refractivity contribution in [3.63, 3.8) is 0 Å². The summed E-state index contributed by atoms with van der Waals surface area (Å²) in [5.41, 5.74) is 10.8. The lowest BCUT2D eigenvalue weighted by atomic mass is 9.73. The zero-order valence-electron chi connectivity index (χ0n) is 21.5. The topological polar surface area (TPSA) is 30.7 Å². The van der Waals surface area contributed by atoms with Crippen LogP contribution in [0.25, 0.3) is 49.9 Å². The van der Waals surface area contributed by atoms with Gasteiger partial charge in [-0.3, -0.25) is 9.55 Å². The van der Waals surface area contributed by atoms with Crippen LogP contribution in [0, 0.1) is 0 Å². The molecule has 4 aromatic carbocycles. The van der Waals surface area contributed by atoms with E-state index >= 15 is 0 Å². The molecule has 0 saturated carbocycles. The van der Waals surface area contributed by atoms with E-state index in [-0.39, 0.29) is 5.41 Å². The van der Waals surface area contributed by atoms with Gasteiger partial charge in [-0.1, -0.05) is 91.0 Å². The van der Waals surface area contributed by atoms with Gasteiger partial charge in [-0.25, -0.2) is 4.98 Å². The molecule has 0 fully saturated rings. The second-order valence-electron chi connectivity index (χ2n) is 10.4. The molecule has 8 rings (SSSR count). The molecule has 3 heterocycles. The molecule has 39 heavy (non-hydrogen) atoms. The molecule has 1 aliphatic carbocycles. The van der Waals surface area contributed by atoms with Crippen LogP contribution in [0.15, 0.2) is 134 Å². The SMILES string of the molecule is CC1(c2ccccc2)c2ccccc2-c2ccc3c4ccccc4n(-c4cc(-c5cccnc5)ccn4)c3c21. The van der Waals surface area contributed by atoms with Crippen LogP contribution in [0.2, 0.25) is 0 Å². The maximum atomic E-state index is 4.95. The highest BCUT2D eigenvalue weighted by atomic mass is 15.1. The highest BCUT2D eigenvalue weighted by molar-refractivity contribution is 6.13. The third-order valence-electron chi connectivity index (χ3n) is 8.41. The van der Waals surface area contributed by atoms with E-state index in [0.717, 1.165) is 22.5 Å². The van der Waals surface area contributed by atoms with E-state index in [1.165, 1.54) is 44.1 Å². The Morgan fingerprint density at radius 3 is 2.33 bits per heavy atom. The Bertz CT molecular complexity index is 2020. The van der Waals surface area contributed by atoms with E-state index in [9.17, 15) is 0 Å². The van der Waals surface area contributed by atoms with E-state index in [0.29, 0.717) is 0 Å². The van der Waals surface area contributed by atoms with Crippen LogP contribution in [0.3, 0.4) is 0 Å². The molecular formula is C36H25N3. The molecule has 3 nitrogen and oxygen atoms in total. The Labute approximate surface area is 227 Å². The average molecular weight is 500 g/mol. The minimum atomic E-state index is -0.320. The van der Waals surface area contributed by atoms with Crippen molar-refractivity contribution >= 4 is 21.8 Å². The first-order valence-corrected chi connectivity index (χ1v) is 13.3. The molecule has 0 radical (unpaired) electrons. The van der Waals surface area contributed by atoms with Crippen LogP contribution < -0.4 is 0 Å². The molecule has 1 atom stereocenters. The number of pyridine rings is 2. The molecule has 0 aliphatic heterocycles. The molecular weight excluding hydrogens is 474 g/mol. The Morgan fingerprint density at radius 2 is 1.46 bits per heavy atom. The molecule has 0 spiro atoms. The Morgan fingerprint density at radius 1 is 0.641 bits per heavy atom. The number of aromatic nitrogens is 3. The number of rotatable bonds is 3. The molecule has 7 aromatic rings. The van der Waals surface area contributed by atoms with Crippen LogP contribution in [-0.4, -0.2) is 14.5 Å². The molecule has 184 valence electrons. The van der Waals surface area contributed by atoms with Crippen molar-refractivity contribution in [2.45, 2.75) is 12.3 Å². The number of hydrogen-bond acceptors (Lipinski definition) is 2. The van der Waals surface area contributed by atoms with Crippen molar-refractivity contribution in [2.24, 2.45) is 0 Å². The normalized spacial score (nSPS) is 15.9. The number of fused-ring (bicyclic) bond motifs is 7. The van der Waals surface area contributed by atoms with E-state index < -0.39 is 0 Å². The van der Waals surface area contributed by atoms with Gasteiger partial charge >= 0.3 is 0 Å². The Kier molecular flexibility index (Phi) is 4.65. The summed E-state index contributed by atoms with van der Waals surface area (Å²) in [6, 6.07) is 41.4. The Hall–Kier alpha value is -5.02. The predicted octanol–water partition coefficient (Wildman–Crippen LogP) is 8.58. The summed E-state index contributed by atoms with van der Waals surface area (Å²) in [5, 5.41) is 2.48. The fourth-order valence-electron chi connectivity index (χ4n) is 6.64. The first-order valence-electron chi connectivity index (χ1n) is 13.3. The van der Waals surface area contributed by atoms with Crippen molar-refractivity contribution in [1.29, 1.82) is 0 Å². The maximum absolute atomic E-state index is 4.95. The second kappa shape index (κ2) is 8.24. The molecule has 3 heteroatoms. The fourth-order valence-corrected chi connectivity index (χ4v) is 6.64. The van der Waals surface area contributed by atoms with E-state index in [1.54, 1.807) is 0 Å². The highest BCUT2D eigenvalue weighted by Gasteiger charge is 2.43. The number of hydrogen-bond donors (Lipinski definition) is 0. The summed E-state index contributed by atoms with van der Waals surface area (Å²) in [7, 11) is 0. The molecule has 0 N–H and O–H groups in total. The highest BCUT2D eigenvalue weighted by Crippen LogP contribution is 2.55. The van der Waals surface area contributed by atoms with Crippen molar-refractivity contribution in [3.05, 3.63) is 151 Å². The van der Waals surface area contributed by atoms with Gasteiger partial charge in [0, 0.05) is 40.3 Å². The minimum absolute atomic E-state index is 0.320. The van der Waals surface area contributed by atoms with Gasteiger partial charge in [-0.15, -0.1) is 0 Å². The van der Waals surface area contributed by atoms with Gasteiger partial charge in [0.05, 0.1) is 11.0 Å². The molecule has 0 amide bonds. The summed E-state index contributed by atoms with van der Waals surface area (Å²) < 4.78 is 2.37. The number of benzene rings is 4. The fraction of sp³-hybridized carbons (Fsp3) is 0.0556. The second-order valence-corrected chi connectivity index (χ2v) is 10.4. The van der Waals surface area contributed by atoms with Gasteiger partial charge in [-0.05, 0) is 64.6 Å². The van der Waals surface area contributed by atoms with Gasteiger partial charge < -0.3 is 0 Å². The van der Waals surface area contributed by atoms with Crippen LogP contribution in [0.5, 0.6) is 0 Å². The lowest BCUT2D eigenvalue weighted by Gasteiger charge is -2.29. The van der Waals surface area contributed by atoms with E-state index in [2.05, 4.69) is 126 Å². The Balaban J connectivity index is 1.53. The predicted molar refractivity (Wildman–Crippen MR) is 159 cm³/mol. The zero-order chi connectivity index (χ0) is 26.0. The zero-order valence-corrected chi connectivity index (χ0v) is 21.5. The van der Waals surface area contributed by atoms with E-state index in [1.807, 2.05) is 24.7 Å². The largest absolute Gasteiger partial charge is 0.293 e. The van der Waals surface area contributed by atoms with Crippen molar-refractivity contribution < 1.29 is 0 Å². The van der Waals surface area contributed by atoms with Crippen LogP contribution in [-0.2, 0) is 5.41 Å². The van der Waals surface area contributed by atoms with Crippen LogP contribution in [0.4, 0.5) is 0 Å². The first kappa shape index (κ1) is 22.0. The standard InChI is InChI=1S/C36H25N3/c1-36(26-11-3-2-4-12-26)31-15-7-5-13-27(31)29-17-18-30-28-14-6-8-16-32(28)39(35(30)34(29)36)33-22-24(19-21-38-33)25-10-9-20-37-23-25/h2-23H,1H3. The lowest BCUT2D eigenvalue weighted by Crippen LogP contribution is -2.23. The molecule has 0 saturated heterocycles. The third kappa shape index (κ3) is 3.04. The molecule has 1 aliphatic rings. The van der Waals surface area contributed by atoms with Crippen LogP contribution >= 0.6 is 0 Å². The quantitative estimate of drug-likeness (QED) is 0.244. The minimum Gasteiger partial charge on any atom is -0.293 e. The number of nitrogens with zero attached hydrogens (tertiary/aromatic N) is 3. The van der Waals surface area contributed by atoms with Gasteiger partial charge in [0.15, 0.2) is 0 Å². The summed E-state index contributed by atoms with van der Waals surface area (Å²) >= 11 is 0. The number of para-hydroxylation sites is 1. The molecule has 3 aromatic heterocycles. The van der Waals surface area contributed by atoms with Gasteiger partial charge in [0.25, 0.3) is 0 Å². The summed E-state index contributed by atoms with van der Waals surface area (Å²) in [4.78, 5) is 9.29. The van der Waals surface area contributed by atoms with Crippen LogP contribution in [0.1, 0.15) is 23.6 Å². The van der Waals surface area contributed by atoms with Gasteiger partial charge in [-0.2, -0.15) is 0 Å².